The van der Waals surface area contributed by atoms with E-state index < -0.39 is 0 Å². The first-order valence-corrected chi connectivity index (χ1v) is 6.88. The van der Waals surface area contributed by atoms with Gasteiger partial charge in [-0.25, -0.2) is 0 Å². The quantitative estimate of drug-likeness (QED) is 0.841. The molecule has 1 atom stereocenters. The zero-order chi connectivity index (χ0) is 12.6. The minimum Gasteiger partial charge on any atom is -0.356 e. The van der Waals surface area contributed by atoms with Crippen LogP contribution < -0.4 is 10.6 Å². The van der Waals surface area contributed by atoms with Crippen molar-refractivity contribution in [1.29, 1.82) is 0 Å². The Balaban J connectivity index is 0.00000180. The number of hydrogen-bond donors (Lipinski definition) is 2. The summed E-state index contributed by atoms with van der Waals surface area (Å²) in [7, 11) is 0. The molecule has 4 heteroatoms. The molecule has 1 heterocycles. The molecule has 106 valence electrons. The first-order valence-electron chi connectivity index (χ1n) is 6.88. The Kier molecular flexibility index (Phi) is 7.53. The second-order valence-corrected chi connectivity index (χ2v) is 4.92. The highest BCUT2D eigenvalue weighted by Gasteiger charge is 2.14. The van der Waals surface area contributed by atoms with Gasteiger partial charge in [0.25, 0.3) is 0 Å². The van der Waals surface area contributed by atoms with Crippen LogP contribution in [0.2, 0.25) is 0 Å². The van der Waals surface area contributed by atoms with E-state index in [0.29, 0.717) is 12.5 Å². The lowest BCUT2D eigenvalue weighted by Crippen LogP contribution is -2.28. The molecule has 1 aromatic carbocycles. The maximum Gasteiger partial charge on any atom is 0.220 e. The Morgan fingerprint density at radius 1 is 1.32 bits per heavy atom. The molecule has 0 spiro atoms. The molecule has 1 saturated heterocycles. The molecule has 2 N–H and O–H groups in total. The maximum absolute atomic E-state index is 11.7. The number of carbonyl (C=O) groups is 1. The van der Waals surface area contributed by atoms with Gasteiger partial charge in [-0.3, -0.25) is 4.79 Å². The van der Waals surface area contributed by atoms with E-state index in [1.165, 1.54) is 18.4 Å². The molecule has 0 radical (unpaired) electrons. The monoisotopic (exact) mass is 282 g/mol. The van der Waals surface area contributed by atoms with Gasteiger partial charge in [0.1, 0.15) is 0 Å². The van der Waals surface area contributed by atoms with E-state index >= 15 is 0 Å². The Morgan fingerprint density at radius 2 is 2.11 bits per heavy atom. The lowest BCUT2D eigenvalue weighted by molar-refractivity contribution is -0.121. The summed E-state index contributed by atoms with van der Waals surface area (Å²) in [6, 6.07) is 10.8. The normalized spacial score (nSPS) is 17.8. The maximum atomic E-state index is 11.7. The molecule has 1 fully saturated rings. The summed E-state index contributed by atoms with van der Waals surface area (Å²) in [6.45, 7) is 1.85. The third kappa shape index (κ3) is 6.08. The van der Waals surface area contributed by atoms with Crippen LogP contribution in [0, 0.1) is 0 Å². The van der Waals surface area contributed by atoms with Crippen LogP contribution >= 0.6 is 12.4 Å². The fourth-order valence-electron chi connectivity index (χ4n) is 2.39. The van der Waals surface area contributed by atoms with Gasteiger partial charge in [0.15, 0.2) is 0 Å². The van der Waals surface area contributed by atoms with Crippen LogP contribution in [0.25, 0.3) is 0 Å². The van der Waals surface area contributed by atoms with Crippen LogP contribution in [0.15, 0.2) is 30.3 Å². The van der Waals surface area contributed by atoms with Gasteiger partial charge in [0.2, 0.25) is 5.91 Å². The topological polar surface area (TPSA) is 41.1 Å². The van der Waals surface area contributed by atoms with Crippen LogP contribution in [0.4, 0.5) is 0 Å². The summed E-state index contributed by atoms with van der Waals surface area (Å²) in [5, 5.41) is 6.40. The lowest BCUT2D eigenvalue weighted by atomic mass is 10.1. The molecule has 1 aromatic rings. The Hall–Kier alpha value is -1.06. The first kappa shape index (κ1) is 16.0. The molecular weight excluding hydrogens is 260 g/mol. The summed E-state index contributed by atoms with van der Waals surface area (Å²) in [5.41, 5.74) is 1.27. The average molecular weight is 283 g/mol. The third-order valence-corrected chi connectivity index (χ3v) is 3.46. The number of hydrogen-bond acceptors (Lipinski definition) is 2. The summed E-state index contributed by atoms with van der Waals surface area (Å²) < 4.78 is 0. The Morgan fingerprint density at radius 3 is 2.79 bits per heavy atom. The highest BCUT2D eigenvalue weighted by molar-refractivity contribution is 5.85. The van der Waals surface area contributed by atoms with Crippen LogP contribution in [0.3, 0.4) is 0 Å². The number of rotatable bonds is 6. The van der Waals surface area contributed by atoms with Crippen molar-refractivity contribution in [2.24, 2.45) is 0 Å². The second kappa shape index (κ2) is 8.94. The standard InChI is InChI=1S/C15H22N2O.ClH/c18-15(9-8-14-7-4-11-16-14)17-12-10-13-5-2-1-3-6-13;/h1-3,5-6,14,16H,4,7-12H2,(H,17,18);1H. The van der Waals surface area contributed by atoms with E-state index in [1.54, 1.807) is 0 Å². The van der Waals surface area contributed by atoms with Gasteiger partial charge in [-0.15, -0.1) is 12.4 Å². The van der Waals surface area contributed by atoms with Crippen molar-refractivity contribution in [2.75, 3.05) is 13.1 Å². The van der Waals surface area contributed by atoms with E-state index in [0.717, 1.165) is 25.9 Å². The van der Waals surface area contributed by atoms with E-state index in [2.05, 4.69) is 22.8 Å². The average Bonchev–Trinajstić information content (AvgIpc) is 2.91. The summed E-state index contributed by atoms with van der Waals surface area (Å²) in [5.74, 6) is 0.180. The largest absolute Gasteiger partial charge is 0.356 e. The smallest absolute Gasteiger partial charge is 0.220 e. The molecular formula is C15H23ClN2O. The van der Waals surface area contributed by atoms with Gasteiger partial charge < -0.3 is 10.6 Å². The van der Waals surface area contributed by atoms with Crippen molar-refractivity contribution in [1.82, 2.24) is 10.6 Å². The number of carbonyl (C=O) groups excluding carboxylic acids is 1. The highest BCUT2D eigenvalue weighted by atomic mass is 35.5. The summed E-state index contributed by atoms with van der Waals surface area (Å²) >= 11 is 0. The molecule has 0 bridgehead atoms. The minimum absolute atomic E-state index is 0. The molecule has 1 aliphatic rings. The highest BCUT2D eigenvalue weighted by Crippen LogP contribution is 2.10. The second-order valence-electron chi connectivity index (χ2n) is 4.92. The zero-order valence-corrected chi connectivity index (χ0v) is 12.0. The van der Waals surface area contributed by atoms with E-state index in [-0.39, 0.29) is 18.3 Å². The van der Waals surface area contributed by atoms with E-state index in [9.17, 15) is 4.79 Å². The fourth-order valence-corrected chi connectivity index (χ4v) is 2.39. The van der Waals surface area contributed by atoms with Gasteiger partial charge >= 0.3 is 0 Å². The molecule has 19 heavy (non-hydrogen) atoms. The molecule has 0 aliphatic carbocycles. The van der Waals surface area contributed by atoms with Crippen molar-refractivity contribution in [3.8, 4) is 0 Å². The van der Waals surface area contributed by atoms with Crippen molar-refractivity contribution in [3.63, 3.8) is 0 Å². The van der Waals surface area contributed by atoms with Gasteiger partial charge in [0, 0.05) is 19.0 Å². The molecule has 2 rings (SSSR count). The Labute approximate surface area is 121 Å². The predicted molar refractivity (Wildman–Crippen MR) is 80.7 cm³/mol. The molecule has 0 aromatic heterocycles. The zero-order valence-electron chi connectivity index (χ0n) is 11.2. The van der Waals surface area contributed by atoms with Gasteiger partial charge in [0.05, 0.1) is 0 Å². The van der Waals surface area contributed by atoms with Crippen molar-refractivity contribution >= 4 is 18.3 Å². The van der Waals surface area contributed by atoms with Gasteiger partial charge in [-0.1, -0.05) is 30.3 Å². The fraction of sp³-hybridized carbons (Fsp3) is 0.533. The van der Waals surface area contributed by atoms with Crippen LogP contribution in [-0.4, -0.2) is 25.0 Å². The minimum atomic E-state index is 0. The Bertz CT molecular complexity index is 364. The van der Waals surface area contributed by atoms with E-state index in [1.807, 2.05) is 18.2 Å². The summed E-state index contributed by atoms with van der Waals surface area (Å²) in [4.78, 5) is 11.7. The number of benzene rings is 1. The number of nitrogens with one attached hydrogen (secondary N) is 2. The van der Waals surface area contributed by atoms with Gasteiger partial charge in [-0.2, -0.15) is 0 Å². The molecule has 1 unspecified atom stereocenters. The van der Waals surface area contributed by atoms with Gasteiger partial charge in [-0.05, 0) is 37.8 Å². The molecule has 1 amide bonds. The van der Waals surface area contributed by atoms with Crippen molar-refractivity contribution in [3.05, 3.63) is 35.9 Å². The molecule has 0 saturated carbocycles. The number of halogens is 1. The van der Waals surface area contributed by atoms with Crippen LogP contribution in [0.5, 0.6) is 0 Å². The van der Waals surface area contributed by atoms with E-state index in [4.69, 9.17) is 0 Å². The summed E-state index contributed by atoms with van der Waals surface area (Å²) in [6.07, 6.45) is 5.00. The van der Waals surface area contributed by atoms with Crippen LogP contribution in [0.1, 0.15) is 31.2 Å². The third-order valence-electron chi connectivity index (χ3n) is 3.46. The molecule has 3 nitrogen and oxygen atoms in total. The number of amides is 1. The SMILES string of the molecule is Cl.O=C(CCC1CCCN1)NCCc1ccccc1. The van der Waals surface area contributed by atoms with Crippen LogP contribution in [-0.2, 0) is 11.2 Å². The predicted octanol–water partition coefficient (Wildman–Crippen LogP) is 2.30. The van der Waals surface area contributed by atoms with Crippen molar-refractivity contribution in [2.45, 2.75) is 38.1 Å². The lowest BCUT2D eigenvalue weighted by Gasteiger charge is -2.10. The van der Waals surface area contributed by atoms with Crippen molar-refractivity contribution < 1.29 is 4.79 Å². The first-order chi connectivity index (χ1) is 8.84. The molecule has 1 aliphatic heterocycles.